The van der Waals surface area contributed by atoms with Crippen LogP contribution in [-0.4, -0.2) is 59.1 Å². The Hall–Kier alpha value is -2.41. The number of ether oxygens (including phenoxy) is 1. The van der Waals surface area contributed by atoms with Gasteiger partial charge in [0.25, 0.3) is 0 Å². The predicted molar refractivity (Wildman–Crippen MR) is 100 cm³/mol. The third-order valence-electron chi connectivity index (χ3n) is 5.53. The molecule has 1 amide bonds. The van der Waals surface area contributed by atoms with Gasteiger partial charge in [0.05, 0.1) is 13.7 Å². The van der Waals surface area contributed by atoms with Crippen LogP contribution in [0.2, 0.25) is 0 Å². The molecule has 0 aliphatic carbocycles. The van der Waals surface area contributed by atoms with Crippen LogP contribution in [0.4, 0.5) is 0 Å². The molecule has 0 bridgehead atoms. The van der Waals surface area contributed by atoms with E-state index < -0.39 is 0 Å². The van der Waals surface area contributed by atoms with Crippen LogP contribution in [0.25, 0.3) is 11.4 Å². The Labute approximate surface area is 159 Å². The zero-order chi connectivity index (χ0) is 18.6. The van der Waals surface area contributed by atoms with Gasteiger partial charge in [0.15, 0.2) is 0 Å². The number of methoxy groups -OCH3 is 1. The van der Waals surface area contributed by atoms with E-state index in [9.17, 15) is 4.79 Å². The number of benzene rings is 1. The highest BCUT2D eigenvalue weighted by Crippen LogP contribution is 2.24. The molecular formula is C20H26N4O3. The fourth-order valence-corrected chi connectivity index (χ4v) is 3.90. The molecule has 2 fully saturated rings. The molecule has 27 heavy (non-hydrogen) atoms. The summed E-state index contributed by atoms with van der Waals surface area (Å²) in [5.74, 6) is 2.54. The number of piperidine rings is 1. The van der Waals surface area contributed by atoms with Crippen LogP contribution >= 0.6 is 0 Å². The van der Waals surface area contributed by atoms with Crippen molar-refractivity contribution < 1.29 is 14.1 Å². The number of rotatable bonds is 5. The fourth-order valence-electron chi connectivity index (χ4n) is 3.90. The van der Waals surface area contributed by atoms with E-state index in [0.29, 0.717) is 24.2 Å². The van der Waals surface area contributed by atoms with E-state index in [4.69, 9.17) is 9.26 Å². The molecule has 4 rings (SSSR count). The Balaban J connectivity index is 1.30. The molecule has 0 radical (unpaired) electrons. The van der Waals surface area contributed by atoms with Crippen molar-refractivity contribution in [1.29, 1.82) is 0 Å². The predicted octanol–water partition coefficient (Wildman–Crippen LogP) is 2.58. The number of likely N-dealkylation sites (tertiary alicyclic amines) is 2. The summed E-state index contributed by atoms with van der Waals surface area (Å²) in [6.07, 6.45) is 4.13. The summed E-state index contributed by atoms with van der Waals surface area (Å²) in [6, 6.07) is 7.60. The number of hydrogen-bond acceptors (Lipinski definition) is 6. The average Bonchev–Trinajstić information content (AvgIpc) is 3.40. The Morgan fingerprint density at radius 1 is 1.15 bits per heavy atom. The second-order valence-corrected chi connectivity index (χ2v) is 7.32. The molecule has 7 nitrogen and oxygen atoms in total. The van der Waals surface area contributed by atoms with E-state index >= 15 is 0 Å². The lowest BCUT2D eigenvalue weighted by atomic mass is 9.95. The molecule has 0 saturated carbocycles. The summed E-state index contributed by atoms with van der Waals surface area (Å²) in [6.45, 7) is 4.30. The smallest absolute Gasteiger partial charge is 0.241 e. The van der Waals surface area contributed by atoms with Crippen molar-refractivity contribution >= 4 is 5.91 Å². The monoisotopic (exact) mass is 370 g/mol. The first-order valence-corrected chi connectivity index (χ1v) is 9.71. The molecule has 0 spiro atoms. The molecule has 0 atom stereocenters. The lowest BCUT2D eigenvalue weighted by Gasteiger charge is -2.32. The zero-order valence-corrected chi connectivity index (χ0v) is 15.8. The molecule has 2 saturated heterocycles. The Bertz CT molecular complexity index is 760. The van der Waals surface area contributed by atoms with Gasteiger partial charge in [-0.2, -0.15) is 4.98 Å². The normalized spacial score (nSPS) is 18.8. The van der Waals surface area contributed by atoms with Crippen LogP contribution in [0.5, 0.6) is 5.75 Å². The van der Waals surface area contributed by atoms with E-state index in [1.807, 2.05) is 29.2 Å². The molecule has 1 aromatic heterocycles. The van der Waals surface area contributed by atoms with Crippen molar-refractivity contribution in [3.05, 3.63) is 30.2 Å². The SMILES string of the molecule is COc1ccc(-c2noc(CN3CCC(C(=O)N4CCCC4)CC3)n2)cc1. The maximum atomic E-state index is 12.5. The summed E-state index contributed by atoms with van der Waals surface area (Å²) < 4.78 is 10.6. The molecule has 2 aliphatic heterocycles. The minimum atomic E-state index is 0.178. The van der Waals surface area contributed by atoms with Gasteiger partial charge >= 0.3 is 0 Å². The van der Waals surface area contributed by atoms with Crippen molar-refractivity contribution in [1.82, 2.24) is 19.9 Å². The average molecular weight is 370 g/mol. The Kier molecular flexibility index (Phi) is 5.38. The molecule has 144 valence electrons. The van der Waals surface area contributed by atoms with E-state index in [0.717, 1.165) is 63.2 Å². The second-order valence-electron chi connectivity index (χ2n) is 7.32. The standard InChI is InChI=1S/C20H26N4O3/c1-26-17-6-4-15(5-7-17)19-21-18(27-22-19)14-23-12-8-16(9-13-23)20(25)24-10-2-3-11-24/h4-7,16H,2-3,8-14H2,1H3. The van der Waals surface area contributed by atoms with Crippen LogP contribution in [0.1, 0.15) is 31.6 Å². The van der Waals surface area contributed by atoms with Crippen LogP contribution in [0.3, 0.4) is 0 Å². The highest BCUT2D eigenvalue weighted by molar-refractivity contribution is 5.79. The minimum Gasteiger partial charge on any atom is -0.497 e. The van der Waals surface area contributed by atoms with Gasteiger partial charge in [-0.05, 0) is 63.0 Å². The molecular weight excluding hydrogens is 344 g/mol. The number of carbonyl (C=O) groups is 1. The Morgan fingerprint density at radius 2 is 1.85 bits per heavy atom. The Morgan fingerprint density at radius 3 is 2.52 bits per heavy atom. The van der Waals surface area contributed by atoms with E-state index in [-0.39, 0.29) is 5.92 Å². The number of carbonyl (C=O) groups excluding carboxylic acids is 1. The highest BCUT2D eigenvalue weighted by atomic mass is 16.5. The lowest BCUT2D eigenvalue weighted by Crippen LogP contribution is -2.41. The lowest BCUT2D eigenvalue weighted by molar-refractivity contribution is -0.136. The van der Waals surface area contributed by atoms with Crippen LogP contribution in [0.15, 0.2) is 28.8 Å². The van der Waals surface area contributed by atoms with Gasteiger partial charge in [0, 0.05) is 24.6 Å². The number of hydrogen-bond donors (Lipinski definition) is 0. The first kappa shape index (κ1) is 18.0. The van der Waals surface area contributed by atoms with Crippen molar-refractivity contribution in [2.24, 2.45) is 5.92 Å². The quantitative estimate of drug-likeness (QED) is 0.806. The third kappa shape index (κ3) is 4.13. The summed E-state index contributed by atoms with van der Waals surface area (Å²) >= 11 is 0. The maximum Gasteiger partial charge on any atom is 0.241 e. The third-order valence-corrected chi connectivity index (χ3v) is 5.53. The van der Waals surface area contributed by atoms with Gasteiger partial charge in [0.1, 0.15) is 5.75 Å². The number of aromatic nitrogens is 2. The fraction of sp³-hybridized carbons (Fsp3) is 0.550. The van der Waals surface area contributed by atoms with E-state index in [2.05, 4.69) is 15.0 Å². The highest BCUT2D eigenvalue weighted by Gasteiger charge is 2.30. The molecule has 2 aliphatic rings. The largest absolute Gasteiger partial charge is 0.497 e. The van der Waals surface area contributed by atoms with Crippen LogP contribution in [0, 0.1) is 5.92 Å². The molecule has 7 heteroatoms. The molecule has 0 N–H and O–H groups in total. The first-order chi connectivity index (χ1) is 13.2. The molecule has 1 aromatic carbocycles. The molecule has 0 unspecified atom stereocenters. The van der Waals surface area contributed by atoms with Gasteiger partial charge in [-0.3, -0.25) is 9.69 Å². The number of nitrogens with zero attached hydrogens (tertiary/aromatic N) is 4. The zero-order valence-electron chi connectivity index (χ0n) is 15.8. The summed E-state index contributed by atoms with van der Waals surface area (Å²) in [5.41, 5.74) is 0.903. The first-order valence-electron chi connectivity index (χ1n) is 9.71. The van der Waals surface area contributed by atoms with Crippen molar-refractivity contribution in [3.63, 3.8) is 0 Å². The molecule has 2 aromatic rings. The van der Waals surface area contributed by atoms with Crippen molar-refractivity contribution in [2.45, 2.75) is 32.2 Å². The van der Waals surface area contributed by atoms with Gasteiger partial charge < -0.3 is 14.2 Å². The van der Waals surface area contributed by atoms with Crippen LogP contribution in [-0.2, 0) is 11.3 Å². The van der Waals surface area contributed by atoms with Gasteiger partial charge in [0.2, 0.25) is 17.6 Å². The van der Waals surface area contributed by atoms with Crippen LogP contribution < -0.4 is 4.74 Å². The van der Waals surface area contributed by atoms with Crippen molar-refractivity contribution in [3.8, 4) is 17.1 Å². The van der Waals surface area contributed by atoms with E-state index in [1.54, 1.807) is 7.11 Å². The van der Waals surface area contributed by atoms with Crippen molar-refractivity contribution in [2.75, 3.05) is 33.3 Å². The topological polar surface area (TPSA) is 71.7 Å². The van der Waals surface area contributed by atoms with Gasteiger partial charge in [-0.25, -0.2) is 0 Å². The van der Waals surface area contributed by atoms with Gasteiger partial charge in [-0.1, -0.05) is 5.16 Å². The maximum absolute atomic E-state index is 12.5. The minimum absolute atomic E-state index is 0.178. The molecule has 3 heterocycles. The second kappa shape index (κ2) is 8.08. The summed E-state index contributed by atoms with van der Waals surface area (Å²) in [5, 5.41) is 4.09. The summed E-state index contributed by atoms with van der Waals surface area (Å²) in [7, 11) is 1.64. The number of amides is 1. The van der Waals surface area contributed by atoms with E-state index in [1.165, 1.54) is 0 Å². The summed E-state index contributed by atoms with van der Waals surface area (Å²) in [4.78, 5) is 21.4. The van der Waals surface area contributed by atoms with Gasteiger partial charge in [-0.15, -0.1) is 0 Å².